The van der Waals surface area contributed by atoms with Crippen LogP contribution < -0.4 is 0 Å². The number of hydrogen-bond donors (Lipinski definition) is 0. The lowest BCUT2D eigenvalue weighted by Crippen LogP contribution is -2.09. The van der Waals surface area contributed by atoms with E-state index >= 15 is 0 Å². The predicted octanol–water partition coefficient (Wildman–Crippen LogP) is 7.29. The highest BCUT2D eigenvalue weighted by molar-refractivity contribution is 7.19. The third-order valence-electron chi connectivity index (χ3n) is 6.44. The molecule has 26 heavy (non-hydrogen) atoms. The quantitative estimate of drug-likeness (QED) is 0.452. The van der Waals surface area contributed by atoms with E-state index in [0.717, 1.165) is 6.42 Å². The summed E-state index contributed by atoms with van der Waals surface area (Å²) in [4.78, 5) is 1.45. The molecule has 0 aliphatic heterocycles. The van der Waals surface area contributed by atoms with Gasteiger partial charge in [0.1, 0.15) is 0 Å². The van der Waals surface area contributed by atoms with Crippen LogP contribution in [0.15, 0.2) is 48.0 Å². The normalized spacial score (nSPS) is 19.3. The van der Waals surface area contributed by atoms with Gasteiger partial charge in [0.15, 0.2) is 0 Å². The summed E-state index contributed by atoms with van der Waals surface area (Å²) >= 11 is 1.94. The molecule has 5 rings (SSSR count). The number of benzene rings is 2. The molecule has 3 aromatic rings. The number of thiophene rings is 1. The average molecular weight is 357 g/mol. The van der Waals surface area contributed by atoms with Crippen LogP contribution >= 0.6 is 11.3 Å². The number of aryl methyl sites for hydroxylation is 2. The van der Waals surface area contributed by atoms with Crippen LogP contribution in [-0.2, 0) is 6.42 Å². The van der Waals surface area contributed by atoms with E-state index in [0.29, 0.717) is 11.8 Å². The molecule has 0 N–H and O–H groups in total. The molecule has 0 amide bonds. The standard InChI is InChI=1S/C25H24S/c1-14-11-19-12-22-15(2)17(4)26-24(22)13-23(19)25(14)16(3)20-10-9-18-7-5-6-8-21(18)20/h5-10,12-13,16,20H,11H2,1-4H3. The van der Waals surface area contributed by atoms with Gasteiger partial charge in [-0.05, 0) is 84.0 Å². The lowest BCUT2D eigenvalue weighted by molar-refractivity contribution is 0.666. The first kappa shape index (κ1) is 16.1. The first-order valence-corrected chi connectivity index (χ1v) is 10.4. The molecule has 0 saturated carbocycles. The third-order valence-corrected chi connectivity index (χ3v) is 7.61. The zero-order valence-corrected chi connectivity index (χ0v) is 16.7. The topological polar surface area (TPSA) is 0 Å². The molecule has 130 valence electrons. The molecule has 1 aromatic heterocycles. The summed E-state index contributed by atoms with van der Waals surface area (Å²) in [6.45, 7) is 9.26. The number of fused-ring (bicyclic) bond motifs is 3. The molecule has 2 aliphatic carbocycles. The average Bonchev–Trinajstić information content (AvgIpc) is 3.27. The minimum Gasteiger partial charge on any atom is -0.140 e. The highest BCUT2D eigenvalue weighted by Gasteiger charge is 2.31. The summed E-state index contributed by atoms with van der Waals surface area (Å²) in [5.41, 5.74) is 10.5. The first-order valence-electron chi connectivity index (χ1n) is 9.54. The third kappa shape index (κ3) is 2.20. The van der Waals surface area contributed by atoms with Crippen LogP contribution in [0.3, 0.4) is 0 Å². The lowest BCUT2D eigenvalue weighted by atomic mass is 9.81. The van der Waals surface area contributed by atoms with Crippen molar-refractivity contribution in [3.8, 4) is 0 Å². The molecule has 0 fully saturated rings. The SMILES string of the molecule is CC1=C(C(C)C2C=Cc3ccccc32)c2cc3sc(C)c(C)c3cc2C1. The van der Waals surface area contributed by atoms with Crippen LogP contribution in [0, 0.1) is 19.8 Å². The summed E-state index contributed by atoms with van der Waals surface area (Å²) in [5, 5.41) is 1.46. The van der Waals surface area contributed by atoms with Gasteiger partial charge < -0.3 is 0 Å². The van der Waals surface area contributed by atoms with Gasteiger partial charge in [-0.3, -0.25) is 0 Å². The van der Waals surface area contributed by atoms with E-state index in [-0.39, 0.29) is 0 Å². The van der Waals surface area contributed by atoms with Crippen LogP contribution in [0.25, 0.3) is 21.7 Å². The second-order valence-electron chi connectivity index (χ2n) is 7.96. The van der Waals surface area contributed by atoms with E-state index in [9.17, 15) is 0 Å². The van der Waals surface area contributed by atoms with Crippen LogP contribution in [0.4, 0.5) is 0 Å². The Morgan fingerprint density at radius 3 is 2.73 bits per heavy atom. The van der Waals surface area contributed by atoms with E-state index in [4.69, 9.17) is 0 Å². The van der Waals surface area contributed by atoms with Crippen LogP contribution in [0.2, 0.25) is 0 Å². The van der Waals surface area contributed by atoms with E-state index < -0.39 is 0 Å². The molecule has 1 heteroatoms. The van der Waals surface area contributed by atoms with Gasteiger partial charge in [-0.1, -0.05) is 48.9 Å². The van der Waals surface area contributed by atoms with Crippen molar-refractivity contribution < 1.29 is 0 Å². The molecule has 1 heterocycles. The van der Waals surface area contributed by atoms with Gasteiger partial charge in [-0.15, -0.1) is 11.3 Å². The molecule has 0 bridgehead atoms. The second-order valence-corrected chi connectivity index (χ2v) is 9.22. The maximum atomic E-state index is 2.47. The van der Waals surface area contributed by atoms with E-state index in [2.05, 4.69) is 76.2 Å². The van der Waals surface area contributed by atoms with Crippen LogP contribution in [0.1, 0.15) is 52.5 Å². The predicted molar refractivity (Wildman–Crippen MR) is 115 cm³/mol. The van der Waals surface area contributed by atoms with Crippen molar-refractivity contribution in [2.24, 2.45) is 5.92 Å². The maximum Gasteiger partial charge on any atom is 0.0354 e. The van der Waals surface area contributed by atoms with Crippen molar-refractivity contribution in [2.45, 2.75) is 40.0 Å². The van der Waals surface area contributed by atoms with Crippen molar-refractivity contribution in [2.75, 3.05) is 0 Å². The van der Waals surface area contributed by atoms with Gasteiger partial charge in [0.25, 0.3) is 0 Å². The molecule has 0 saturated heterocycles. The highest BCUT2D eigenvalue weighted by atomic mass is 32.1. The Balaban J connectivity index is 1.61. The van der Waals surface area contributed by atoms with Gasteiger partial charge in [0.05, 0.1) is 0 Å². The van der Waals surface area contributed by atoms with E-state index in [1.54, 1.807) is 11.1 Å². The Bertz CT molecular complexity index is 1110. The molecule has 2 atom stereocenters. The smallest absolute Gasteiger partial charge is 0.0354 e. The largest absolute Gasteiger partial charge is 0.140 e. The van der Waals surface area contributed by atoms with Crippen LogP contribution in [-0.4, -0.2) is 0 Å². The van der Waals surface area contributed by atoms with E-state index in [1.165, 1.54) is 42.8 Å². The second kappa shape index (κ2) is 5.69. The molecule has 2 aromatic carbocycles. The first-order chi connectivity index (χ1) is 12.5. The van der Waals surface area contributed by atoms with Crippen molar-refractivity contribution in [3.05, 3.63) is 80.7 Å². The number of rotatable bonds is 2. The summed E-state index contributed by atoms with van der Waals surface area (Å²) in [5.74, 6) is 1.00. The zero-order valence-electron chi connectivity index (χ0n) is 15.9. The van der Waals surface area contributed by atoms with Gasteiger partial charge in [-0.2, -0.15) is 0 Å². The Labute approximate surface area is 159 Å². The minimum atomic E-state index is 0.490. The molecule has 0 nitrogen and oxygen atoms in total. The van der Waals surface area contributed by atoms with Crippen molar-refractivity contribution in [1.29, 1.82) is 0 Å². The highest BCUT2D eigenvalue weighted by Crippen LogP contribution is 2.48. The van der Waals surface area contributed by atoms with Gasteiger partial charge >= 0.3 is 0 Å². The van der Waals surface area contributed by atoms with Gasteiger partial charge in [0, 0.05) is 15.5 Å². The fourth-order valence-corrected chi connectivity index (χ4v) is 6.06. The maximum absolute atomic E-state index is 2.47. The molecule has 0 spiro atoms. The molecule has 2 aliphatic rings. The minimum absolute atomic E-state index is 0.490. The Morgan fingerprint density at radius 1 is 1.08 bits per heavy atom. The molecular formula is C25H24S. The molecular weight excluding hydrogens is 332 g/mol. The van der Waals surface area contributed by atoms with Gasteiger partial charge in [-0.25, -0.2) is 0 Å². The monoisotopic (exact) mass is 356 g/mol. The van der Waals surface area contributed by atoms with E-state index in [1.807, 2.05) is 11.3 Å². The summed E-state index contributed by atoms with van der Waals surface area (Å²) < 4.78 is 1.44. The summed E-state index contributed by atoms with van der Waals surface area (Å²) in [6, 6.07) is 13.8. The summed E-state index contributed by atoms with van der Waals surface area (Å²) in [6.07, 6.45) is 5.82. The van der Waals surface area contributed by atoms with Crippen molar-refractivity contribution >= 4 is 33.1 Å². The Hall–Kier alpha value is -2.12. The molecule has 2 unspecified atom stereocenters. The van der Waals surface area contributed by atoms with Crippen molar-refractivity contribution in [1.82, 2.24) is 0 Å². The lowest BCUT2D eigenvalue weighted by Gasteiger charge is -2.23. The fourth-order valence-electron chi connectivity index (χ4n) is 4.97. The Kier molecular flexibility index (Phi) is 3.52. The van der Waals surface area contributed by atoms with Crippen molar-refractivity contribution in [3.63, 3.8) is 0 Å². The number of hydrogen-bond acceptors (Lipinski definition) is 1. The fraction of sp³-hybridized carbons (Fsp3) is 0.280. The zero-order chi connectivity index (χ0) is 18.0. The van der Waals surface area contributed by atoms with Crippen LogP contribution in [0.5, 0.6) is 0 Å². The molecule has 0 radical (unpaired) electrons. The van der Waals surface area contributed by atoms with Gasteiger partial charge in [0.2, 0.25) is 0 Å². The summed E-state index contributed by atoms with van der Waals surface area (Å²) in [7, 11) is 0. The number of allylic oxidation sites excluding steroid dienone is 3. The Morgan fingerprint density at radius 2 is 1.88 bits per heavy atom.